The highest BCUT2D eigenvalue weighted by Gasteiger charge is 2.11. The zero-order valence-corrected chi connectivity index (χ0v) is 11.1. The highest BCUT2D eigenvalue weighted by molar-refractivity contribution is 6.31. The van der Waals surface area contributed by atoms with Crippen LogP contribution in [0.5, 0.6) is 5.75 Å². The van der Waals surface area contributed by atoms with Gasteiger partial charge in [-0.25, -0.2) is 0 Å². The van der Waals surface area contributed by atoms with Crippen LogP contribution in [0.4, 0.5) is 0 Å². The lowest BCUT2D eigenvalue weighted by atomic mass is 10.1. The summed E-state index contributed by atoms with van der Waals surface area (Å²) in [5.41, 5.74) is 0.434. The minimum atomic E-state index is -0.375. The Balaban J connectivity index is 2.66. The van der Waals surface area contributed by atoms with Crippen molar-refractivity contribution in [2.24, 2.45) is 0 Å². The highest BCUT2D eigenvalue weighted by Crippen LogP contribution is 2.22. The maximum atomic E-state index is 11.9. The summed E-state index contributed by atoms with van der Waals surface area (Å²) in [6, 6.07) is 4.76. The number of hydrogen-bond acceptors (Lipinski definition) is 4. The van der Waals surface area contributed by atoms with Gasteiger partial charge in [-0.2, -0.15) is 0 Å². The molecule has 0 fully saturated rings. The summed E-state index contributed by atoms with van der Waals surface area (Å²) in [6.07, 6.45) is 0.170. The molecule has 0 N–H and O–H groups in total. The normalized spacial score (nSPS) is 9.94. The second-order valence-corrected chi connectivity index (χ2v) is 4.04. The van der Waals surface area contributed by atoms with Crippen LogP contribution in [0.15, 0.2) is 18.2 Å². The van der Waals surface area contributed by atoms with Crippen molar-refractivity contribution in [3.8, 4) is 5.75 Å². The number of hydrogen-bond donors (Lipinski definition) is 0. The molecule has 0 aromatic heterocycles. The topological polar surface area (TPSA) is 52.6 Å². The van der Waals surface area contributed by atoms with Crippen molar-refractivity contribution in [1.29, 1.82) is 0 Å². The van der Waals surface area contributed by atoms with E-state index in [0.29, 0.717) is 22.9 Å². The van der Waals surface area contributed by atoms with Crippen molar-refractivity contribution in [3.05, 3.63) is 28.8 Å². The molecule has 0 atom stereocenters. The smallest absolute Gasteiger partial charge is 0.306 e. The van der Waals surface area contributed by atoms with Gasteiger partial charge in [0.1, 0.15) is 5.75 Å². The van der Waals surface area contributed by atoms with Crippen LogP contribution in [0.1, 0.15) is 30.1 Å². The van der Waals surface area contributed by atoms with E-state index in [1.165, 1.54) is 7.11 Å². The third-order valence-corrected chi connectivity index (χ3v) is 2.51. The number of rotatable bonds is 6. The molecule has 0 radical (unpaired) electrons. The molecular formula is C13H15ClO4. The van der Waals surface area contributed by atoms with Gasteiger partial charge in [-0.3, -0.25) is 9.59 Å². The lowest BCUT2D eigenvalue weighted by Crippen LogP contribution is -2.08. The van der Waals surface area contributed by atoms with Gasteiger partial charge < -0.3 is 9.47 Å². The predicted octanol–water partition coefficient (Wildman–Crippen LogP) is 2.87. The van der Waals surface area contributed by atoms with Crippen molar-refractivity contribution in [1.82, 2.24) is 0 Å². The van der Waals surface area contributed by atoms with Crippen molar-refractivity contribution in [3.63, 3.8) is 0 Å². The third kappa shape index (κ3) is 4.37. The van der Waals surface area contributed by atoms with Crippen LogP contribution in [0.25, 0.3) is 0 Å². The van der Waals surface area contributed by atoms with Crippen LogP contribution < -0.4 is 4.74 Å². The molecule has 0 aliphatic heterocycles. The molecule has 0 aliphatic carbocycles. The molecule has 0 spiro atoms. The molecule has 18 heavy (non-hydrogen) atoms. The summed E-state index contributed by atoms with van der Waals surface area (Å²) in [4.78, 5) is 23.0. The van der Waals surface area contributed by atoms with Crippen LogP contribution in [0, 0.1) is 0 Å². The van der Waals surface area contributed by atoms with Gasteiger partial charge in [0.15, 0.2) is 5.78 Å². The number of methoxy groups -OCH3 is 1. The Morgan fingerprint density at radius 2 is 1.94 bits per heavy atom. The van der Waals surface area contributed by atoms with E-state index in [4.69, 9.17) is 21.1 Å². The molecule has 98 valence electrons. The number of Topliss-reactive ketones (excluding diaryl/α,β-unsaturated/α-hetero) is 1. The Morgan fingerprint density at radius 3 is 2.56 bits per heavy atom. The summed E-state index contributed by atoms with van der Waals surface area (Å²) >= 11 is 5.86. The number of esters is 1. The van der Waals surface area contributed by atoms with Gasteiger partial charge in [0.25, 0.3) is 0 Å². The second kappa shape index (κ2) is 7.01. The minimum Gasteiger partial charge on any atom is -0.497 e. The first kappa shape index (κ1) is 14.5. The average Bonchev–Trinajstić information content (AvgIpc) is 2.35. The van der Waals surface area contributed by atoms with Gasteiger partial charge in [-0.05, 0) is 25.1 Å². The number of ether oxygens (including phenoxy) is 2. The highest BCUT2D eigenvalue weighted by atomic mass is 35.5. The fourth-order valence-corrected chi connectivity index (χ4v) is 1.66. The predicted molar refractivity (Wildman–Crippen MR) is 68.2 cm³/mol. The van der Waals surface area contributed by atoms with Gasteiger partial charge in [0.2, 0.25) is 0 Å². The second-order valence-electron chi connectivity index (χ2n) is 3.61. The summed E-state index contributed by atoms with van der Waals surface area (Å²) < 4.78 is 9.78. The largest absolute Gasteiger partial charge is 0.497 e. The Hall–Kier alpha value is -1.55. The van der Waals surface area contributed by atoms with E-state index in [-0.39, 0.29) is 24.6 Å². The number of halogens is 1. The Morgan fingerprint density at radius 1 is 1.22 bits per heavy atom. The fraction of sp³-hybridized carbons (Fsp3) is 0.385. The molecule has 0 saturated carbocycles. The van der Waals surface area contributed by atoms with Crippen LogP contribution in [-0.2, 0) is 9.53 Å². The molecule has 0 heterocycles. The molecule has 0 amide bonds. The average molecular weight is 271 g/mol. The van der Waals surface area contributed by atoms with Crippen LogP contribution >= 0.6 is 11.6 Å². The number of ketones is 1. The number of carbonyl (C=O) groups is 2. The van der Waals surface area contributed by atoms with E-state index in [9.17, 15) is 9.59 Å². The summed E-state index contributed by atoms with van der Waals surface area (Å²) in [7, 11) is 1.50. The van der Waals surface area contributed by atoms with Gasteiger partial charge >= 0.3 is 5.97 Å². The van der Waals surface area contributed by atoms with Crippen molar-refractivity contribution >= 4 is 23.4 Å². The SMILES string of the molecule is CCOC(=O)CCC(=O)c1cc(Cl)cc(OC)c1. The van der Waals surface area contributed by atoms with E-state index >= 15 is 0 Å². The quantitative estimate of drug-likeness (QED) is 0.589. The van der Waals surface area contributed by atoms with Crippen LogP contribution in [0.2, 0.25) is 5.02 Å². The van der Waals surface area contributed by atoms with Crippen molar-refractivity contribution in [2.75, 3.05) is 13.7 Å². The van der Waals surface area contributed by atoms with Gasteiger partial charge in [0, 0.05) is 17.0 Å². The molecule has 0 bridgehead atoms. The molecule has 0 aliphatic rings. The lowest BCUT2D eigenvalue weighted by Gasteiger charge is -2.05. The molecule has 4 nitrogen and oxygen atoms in total. The number of benzene rings is 1. The van der Waals surface area contributed by atoms with E-state index < -0.39 is 0 Å². The molecular weight excluding hydrogens is 256 g/mol. The van der Waals surface area contributed by atoms with E-state index in [2.05, 4.69) is 0 Å². The molecule has 1 aromatic carbocycles. The van der Waals surface area contributed by atoms with E-state index in [0.717, 1.165) is 0 Å². The minimum absolute atomic E-state index is 0.0709. The molecule has 0 unspecified atom stereocenters. The molecule has 5 heteroatoms. The van der Waals surface area contributed by atoms with E-state index in [1.54, 1.807) is 25.1 Å². The van der Waals surface area contributed by atoms with Crippen LogP contribution in [0.3, 0.4) is 0 Å². The Kier molecular flexibility index (Phi) is 5.65. The monoisotopic (exact) mass is 270 g/mol. The zero-order chi connectivity index (χ0) is 13.5. The molecule has 1 aromatic rings. The Bertz CT molecular complexity index is 443. The van der Waals surface area contributed by atoms with Gasteiger partial charge in [-0.1, -0.05) is 11.6 Å². The van der Waals surface area contributed by atoms with Gasteiger partial charge in [-0.15, -0.1) is 0 Å². The summed E-state index contributed by atoms with van der Waals surface area (Å²) in [5.74, 6) is -0.0225. The molecule has 1 rings (SSSR count). The van der Waals surface area contributed by atoms with Crippen molar-refractivity contribution < 1.29 is 19.1 Å². The first-order valence-electron chi connectivity index (χ1n) is 5.60. The van der Waals surface area contributed by atoms with Crippen molar-refractivity contribution in [2.45, 2.75) is 19.8 Å². The number of carbonyl (C=O) groups excluding carboxylic acids is 2. The van der Waals surface area contributed by atoms with Gasteiger partial charge in [0.05, 0.1) is 20.1 Å². The summed E-state index contributed by atoms with van der Waals surface area (Å²) in [5, 5.41) is 0.425. The maximum Gasteiger partial charge on any atom is 0.306 e. The first-order chi connectivity index (χ1) is 8.56. The lowest BCUT2D eigenvalue weighted by molar-refractivity contribution is -0.143. The molecule has 0 saturated heterocycles. The third-order valence-electron chi connectivity index (χ3n) is 2.29. The maximum absolute atomic E-state index is 11.9. The summed E-state index contributed by atoms with van der Waals surface area (Å²) in [6.45, 7) is 2.04. The Labute approximate surface area is 111 Å². The standard InChI is InChI=1S/C13H15ClO4/c1-3-18-13(16)5-4-12(15)9-6-10(14)8-11(7-9)17-2/h6-8H,3-5H2,1-2H3. The first-order valence-corrected chi connectivity index (χ1v) is 5.98. The van der Waals surface area contributed by atoms with E-state index in [1.807, 2.05) is 0 Å². The van der Waals surface area contributed by atoms with Crippen LogP contribution in [-0.4, -0.2) is 25.5 Å². The zero-order valence-electron chi connectivity index (χ0n) is 10.4. The fourth-order valence-electron chi connectivity index (χ4n) is 1.43.